The fourth-order valence-corrected chi connectivity index (χ4v) is 2.34. The van der Waals surface area contributed by atoms with Crippen molar-refractivity contribution in [2.24, 2.45) is 0 Å². The van der Waals surface area contributed by atoms with Crippen molar-refractivity contribution >= 4 is 45.8 Å². The summed E-state index contributed by atoms with van der Waals surface area (Å²) in [6.45, 7) is 1.86. The number of ether oxygens (including phenoxy) is 1. The van der Waals surface area contributed by atoms with Crippen LogP contribution in [0.2, 0.25) is 5.02 Å². The molecule has 0 aliphatic rings. The van der Waals surface area contributed by atoms with Gasteiger partial charge in [0.25, 0.3) is 5.91 Å². The van der Waals surface area contributed by atoms with Gasteiger partial charge in [-0.15, -0.1) is 0 Å². The average Bonchev–Trinajstić information content (AvgIpc) is 2.40. The van der Waals surface area contributed by atoms with Crippen LogP contribution >= 0.6 is 34.2 Å². The average molecular weight is 402 g/mol. The van der Waals surface area contributed by atoms with Crippen molar-refractivity contribution in [1.82, 2.24) is 0 Å². The highest BCUT2D eigenvalue weighted by Crippen LogP contribution is 2.25. The predicted molar refractivity (Wildman–Crippen MR) is 89.5 cm³/mol. The molecule has 104 valence electrons. The Hall–Kier alpha value is -1.27. The van der Waals surface area contributed by atoms with Crippen LogP contribution in [0, 0.1) is 10.5 Å². The molecule has 0 radical (unpaired) electrons. The van der Waals surface area contributed by atoms with Gasteiger partial charge in [-0.05, 0) is 65.4 Å². The number of aryl methyl sites for hydroxylation is 1. The highest BCUT2D eigenvalue weighted by molar-refractivity contribution is 14.1. The summed E-state index contributed by atoms with van der Waals surface area (Å²) >= 11 is 8.19. The minimum Gasteiger partial charge on any atom is -0.482 e. The van der Waals surface area contributed by atoms with Gasteiger partial charge in [0.05, 0.1) is 5.02 Å². The maximum absolute atomic E-state index is 11.8. The molecule has 2 rings (SSSR count). The molecule has 1 N–H and O–H groups in total. The monoisotopic (exact) mass is 401 g/mol. The maximum Gasteiger partial charge on any atom is 0.262 e. The van der Waals surface area contributed by atoms with Crippen LogP contribution in [0.15, 0.2) is 42.5 Å². The Morgan fingerprint density at radius 1 is 1.30 bits per heavy atom. The second-order valence-corrected chi connectivity index (χ2v) is 5.93. The van der Waals surface area contributed by atoms with Crippen molar-refractivity contribution in [3.63, 3.8) is 0 Å². The third-order valence-electron chi connectivity index (χ3n) is 2.55. The number of carbonyl (C=O) groups excluding carboxylic acids is 1. The van der Waals surface area contributed by atoms with E-state index in [0.717, 1.165) is 14.8 Å². The summed E-state index contributed by atoms with van der Waals surface area (Å²) in [5.41, 5.74) is 1.78. The summed E-state index contributed by atoms with van der Waals surface area (Å²) < 4.78 is 6.49. The van der Waals surface area contributed by atoms with Gasteiger partial charge in [0.2, 0.25) is 0 Å². The van der Waals surface area contributed by atoms with Gasteiger partial charge in [-0.2, -0.15) is 0 Å². The number of rotatable bonds is 4. The van der Waals surface area contributed by atoms with Crippen LogP contribution in [0.4, 0.5) is 5.69 Å². The third-order valence-corrected chi connectivity index (χ3v) is 3.54. The second-order valence-electron chi connectivity index (χ2n) is 4.28. The highest BCUT2D eigenvalue weighted by atomic mass is 127. The van der Waals surface area contributed by atoms with E-state index < -0.39 is 0 Å². The zero-order chi connectivity index (χ0) is 14.5. The SMILES string of the molecule is Cc1ccc(Cl)c(OCC(=O)Nc2cccc(I)c2)c1. The first-order chi connectivity index (χ1) is 9.54. The number of anilines is 1. The molecule has 20 heavy (non-hydrogen) atoms. The quantitative estimate of drug-likeness (QED) is 0.777. The number of nitrogens with one attached hydrogen (secondary N) is 1. The minimum atomic E-state index is -0.218. The van der Waals surface area contributed by atoms with Crippen LogP contribution in [0.1, 0.15) is 5.56 Å². The zero-order valence-electron chi connectivity index (χ0n) is 10.8. The molecular formula is C15H13ClINO2. The van der Waals surface area contributed by atoms with Gasteiger partial charge < -0.3 is 10.1 Å². The molecule has 5 heteroatoms. The fourth-order valence-electron chi connectivity index (χ4n) is 1.63. The number of carbonyl (C=O) groups is 1. The number of amides is 1. The van der Waals surface area contributed by atoms with Crippen LogP contribution in [0.5, 0.6) is 5.75 Å². The maximum atomic E-state index is 11.8. The molecule has 2 aromatic carbocycles. The largest absolute Gasteiger partial charge is 0.482 e. The van der Waals surface area contributed by atoms with Crippen LogP contribution < -0.4 is 10.1 Å². The first-order valence-corrected chi connectivity index (χ1v) is 7.44. The molecule has 0 aliphatic heterocycles. The van der Waals surface area contributed by atoms with E-state index in [1.165, 1.54) is 0 Å². The molecule has 0 saturated heterocycles. The van der Waals surface area contributed by atoms with E-state index in [9.17, 15) is 4.79 Å². The standard InChI is InChI=1S/C15H13ClINO2/c1-10-5-6-13(16)14(7-10)20-9-15(19)18-12-4-2-3-11(17)8-12/h2-8H,9H2,1H3,(H,18,19). The van der Waals surface area contributed by atoms with Crippen molar-refractivity contribution < 1.29 is 9.53 Å². The molecule has 0 bridgehead atoms. The Morgan fingerprint density at radius 2 is 2.10 bits per heavy atom. The molecule has 0 unspecified atom stereocenters. The van der Waals surface area contributed by atoms with E-state index in [0.29, 0.717) is 10.8 Å². The Balaban J connectivity index is 1.94. The summed E-state index contributed by atoms with van der Waals surface area (Å²) in [6.07, 6.45) is 0. The summed E-state index contributed by atoms with van der Waals surface area (Å²) in [4.78, 5) is 11.8. The molecular weight excluding hydrogens is 389 g/mol. The van der Waals surface area contributed by atoms with E-state index >= 15 is 0 Å². The molecule has 0 fully saturated rings. The van der Waals surface area contributed by atoms with Crippen molar-refractivity contribution in [2.45, 2.75) is 6.92 Å². The van der Waals surface area contributed by atoms with E-state index in [1.54, 1.807) is 12.1 Å². The Bertz CT molecular complexity index is 631. The number of hydrogen-bond donors (Lipinski definition) is 1. The second kappa shape index (κ2) is 6.95. The van der Waals surface area contributed by atoms with E-state index in [-0.39, 0.29) is 12.5 Å². The lowest BCUT2D eigenvalue weighted by molar-refractivity contribution is -0.118. The first-order valence-electron chi connectivity index (χ1n) is 5.99. The van der Waals surface area contributed by atoms with Gasteiger partial charge in [-0.25, -0.2) is 0 Å². The zero-order valence-corrected chi connectivity index (χ0v) is 13.7. The molecule has 1 amide bonds. The Morgan fingerprint density at radius 3 is 2.85 bits per heavy atom. The lowest BCUT2D eigenvalue weighted by atomic mass is 10.2. The highest BCUT2D eigenvalue weighted by Gasteiger charge is 2.07. The Kier molecular flexibility index (Phi) is 5.25. The fraction of sp³-hybridized carbons (Fsp3) is 0.133. The normalized spacial score (nSPS) is 10.2. The van der Waals surface area contributed by atoms with E-state index in [1.807, 2.05) is 37.3 Å². The molecule has 0 spiro atoms. The number of benzene rings is 2. The smallest absolute Gasteiger partial charge is 0.262 e. The molecule has 0 saturated carbocycles. The van der Waals surface area contributed by atoms with Crippen molar-refractivity contribution in [2.75, 3.05) is 11.9 Å². The van der Waals surface area contributed by atoms with E-state index in [4.69, 9.17) is 16.3 Å². The van der Waals surface area contributed by atoms with Gasteiger partial charge in [0.1, 0.15) is 5.75 Å². The molecule has 0 heterocycles. The summed E-state index contributed by atoms with van der Waals surface area (Å²) in [5.74, 6) is 0.300. The van der Waals surface area contributed by atoms with Gasteiger partial charge in [-0.1, -0.05) is 23.7 Å². The molecule has 0 atom stereocenters. The number of hydrogen-bond acceptors (Lipinski definition) is 2. The van der Waals surface area contributed by atoms with Gasteiger partial charge in [0, 0.05) is 9.26 Å². The van der Waals surface area contributed by atoms with Crippen LogP contribution in [-0.4, -0.2) is 12.5 Å². The predicted octanol–water partition coefficient (Wildman–Crippen LogP) is 4.27. The summed E-state index contributed by atoms with van der Waals surface area (Å²) in [7, 11) is 0. The molecule has 0 aliphatic carbocycles. The van der Waals surface area contributed by atoms with E-state index in [2.05, 4.69) is 27.9 Å². The molecule has 0 aromatic heterocycles. The summed E-state index contributed by atoms with van der Waals surface area (Å²) in [6, 6.07) is 13.0. The molecule has 3 nitrogen and oxygen atoms in total. The van der Waals surface area contributed by atoms with Gasteiger partial charge in [-0.3, -0.25) is 4.79 Å². The third kappa shape index (κ3) is 4.38. The first kappa shape index (κ1) is 15.1. The lowest BCUT2D eigenvalue weighted by Gasteiger charge is -2.09. The van der Waals surface area contributed by atoms with Gasteiger partial charge in [0.15, 0.2) is 6.61 Å². The Labute approximate surface area is 136 Å². The van der Waals surface area contributed by atoms with Crippen molar-refractivity contribution in [1.29, 1.82) is 0 Å². The van der Waals surface area contributed by atoms with Crippen molar-refractivity contribution in [3.05, 3.63) is 56.6 Å². The summed E-state index contributed by atoms with van der Waals surface area (Å²) in [5, 5.41) is 3.27. The van der Waals surface area contributed by atoms with Crippen LogP contribution in [-0.2, 0) is 4.79 Å². The lowest BCUT2D eigenvalue weighted by Crippen LogP contribution is -2.20. The van der Waals surface area contributed by atoms with Crippen LogP contribution in [0.3, 0.4) is 0 Å². The topological polar surface area (TPSA) is 38.3 Å². The molecule has 2 aromatic rings. The van der Waals surface area contributed by atoms with Crippen LogP contribution in [0.25, 0.3) is 0 Å². The number of halogens is 2. The van der Waals surface area contributed by atoms with Gasteiger partial charge >= 0.3 is 0 Å². The minimum absolute atomic E-state index is 0.0748. The van der Waals surface area contributed by atoms with Crippen molar-refractivity contribution in [3.8, 4) is 5.75 Å².